The molecule has 0 aromatic heterocycles. The maximum atomic E-state index is 13.4. The van der Waals surface area contributed by atoms with Gasteiger partial charge >= 0.3 is 0 Å². The lowest BCUT2D eigenvalue weighted by molar-refractivity contribution is 0.146. The zero-order chi connectivity index (χ0) is 21.2. The number of rotatable bonds is 6. The van der Waals surface area contributed by atoms with Gasteiger partial charge in [-0.05, 0) is 36.8 Å². The predicted octanol–water partition coefficient (Wildman–Crippen LogP) is 3.56. The Bertz CT molecular complexity index is 978. The van der Waals surface area contributed by atoms with Crippen molar-refractivity contribution in [1.82, 2.24) is 9.21 Å². The smallest absolute Gasteiger partial charge is 0.243 e. The van der Waals surface area contributed by atoms with E-state index >= 15 is 0 Å². The molecule has 0 bridgehead atoms. The summed E-state index contributed by atoms with van der Waals surface area (Å²) in [7, 11) is -0.676. The minimum atomic E-state index is -3.65. The van der Waals surface area contributed by atoms with E-state index in [0.717, 1.165) is 5.56 Å². The second-order valence-electron chi connectivity index (χ2n) is 6.81. The summed E-state index contributed by atoms with van der Waals surface area (Å²) in [5.41, 5.74) is 0.896. The zero-order valence-electron chi connectivity index (χ0n) is 16.6. The molecular formula is C20H24ClFN2O4S. The van der Waals surface area contributed by atoms with Crippen LogP contribution in [0.25, 0.3) is 0 Å². The summed E-state index contributed by atoms with van der Waals surface area (Å²) in [6.45, 7) is 3.83. The minimum Gasteiger partial charge on any atom is -0.493 e. The third kappa shape index (κ3) is 4.50. The summed E-state index contributed by atoms with van der Waals surface area (Å²) in [6, 6.07) is 9.26. The molecule has 0 saturated carbocycles. The van der Waals surface area contributed by atoms with Gasteiger partial charge in [-0.3, -0.25) is 4.90 Å². The first-order valence-corrected chi connectivity index (χ1v) is 11.0. The molecule has 1 heterocycles. The van der Waals surface area contributed by atoms with Gasteiger partial charge in [0.15, 0.2) is 11.5 Å². The molecule has 0 aliphatic carbocycles. The molecule has 29 heavy (non-hydrogen) atoms. The standard InChI is InChI=1S/C20H24ClFN2O4S/c1-14(15-4-6-18(22)17(21)12-15)23-8-10-24(11-9-23)29(25,26)16-5-7-19(27-2)20(13-16)28-3/h4-7,12-14H,8-11H2,1-3H3. The zero-order valence-corrected chi connectivity index (χ0v) is 18.1. The second-order valence-corrected chi connectivity index (χ2v) is 9.15. The number of sulfonamides is 1. The van der Waals surface area contributed by atoms with Gasteiger partial charge in [0.1, 0.15) is 5.82 Å². The van der Waals surface area contributed by atoms with Crippen molar-refractivity contribution in [2.75, 3.05) is 40.4 Å². The van der Waals surface area contributed by atoms with E-state index in [9.17, 15) is 12.8 Å². The van der Waals surface area contributed by atoms with E-state index in [4.69, 9.17) is 21.1 Å². The van der Waals surface area contributed by atoms with Crippen LogP contribution in [-0.2, 0) is 10.0 Å². The van der Waals surface area contributed by atoms with Gasteiger partial charge in [0.05, 0.1) is 24.1 Å². The van der Waals surface area contributed by atoms with Crippen molar-refractivity contribution in [1.29, 1.82) is 0 Å². The van der Waals surface area contributed by atoms with Crippen LogP contribution in [0.1, 0.15) is 18.5 Å². The van der Waals surface area contributed by atoms with Crippen LogP contribution in [0.2, 0.25) is 5.02 Å². The molecule has 0 radical (unpaired) electrons. The van der Waals surface area contributed by atoms with Crippen molar-refractivity contribution in [3.05, 3.63) is 52.8 Å². The average molecular weight is 443 g/mol. The molecule has 2 aromatic carbocycles. The van der Waals surface area contributed by atoms with Gasteiger partial charge in [0.2, 0.25) is 10.0 Å². The summed E-state index contributed by atoms with van der Waals surface area (Å²) in [4.78, 5) is 2.33. The largest absolute Gasteiger partial charge is 0.493 e. The van der Waals surface area contributed by atoms with Crippen molar-refractivity contribution < 1.29 is 22.3 Å². The Hall–Kier alpha value is -1.87. The van der Waals surface area contributed by atoms with Crippen LogP contribution in [0.3, 0.4) is 0 Å². The van der Waals surface area contributed by atoms with Crippen LogP contribution in [0.4, 0.5) is 4.39 Å². The highest BCUT2D eigenvalue weighted by atomic mass is 35.5. The lowest BCUT2D eigenvalue weighted by Gasteiger charge is -2.37. The van der Waals surface area contributed by atoms with E-state index in [1.807, 2.05) is 6.92 Å². The monoisotopic (exact) mass is 442 g/mol. The molecule has 1 aliphatic heterocycles. The summed E-state index contributed by atoms with van der Waals surface area (Å²) in [6.07, 6.45) is 0. The first-order chi connectivity index (χ1) is 13.8. The first-order valence-electron chi connectivity index (χ1n) is 9.19. The summed E-state index contributed by atoms with van der Waals surface area (Å²) < 4.78 is 51.3. The SMILES string of the molecule is COc1ccc(S(=O)(=O)N2CCN(C(C)c3ccc(F)c(Cl)c3)CC2)cc1OC. The molecule has 3 rings (SSSR count). The summed E-state index contributed by atoms with van der Waals surface area (Å²) >= 11 is 5.89. The van der Waals surface area contributed by atoms with E-state index in [1.165, 1.54) is 36.7 Å². The number of methoxy groups -OCH3 is 2. The number of benzene rings is 2. The van der Waals surface area contributed by atoms with Gasteiger partial charge in [-0.2, -0.15) is 4.31 Å². The number of piperazine rings is 1. The molecule has 1 atom stereocenters. The van der Waals surface area contributed by atoms with E-state index in [0.29, 0.717) is 37.7 Å². The van der Waals surface area contributed by atoms with Gasteiger partial charge in [-0.1, -0.05) is 17.7 Å². The van der Waals surface area contributed by atoms with Crippen LogP contribution in [-0.4, -0.2) is 58.0 Å². The van der Waals surface area contributed by atoms with Gasteiger partial charge in [-0.25, -0.2) is 12.8 Å². The molecule has 1 aliphatic rings. The highest BCUT2D eigenvalue weighted by molar-refractivity contribution is 7.89. The van der Waals surface area contributed by atoms with Crippen molar-refractivity contribution in [2.45, 2.75) is 17.9 Å². The number of hydrogen-bond donors (Lipinski definition) is 0. The van der Waals surface area contributed by atoms with Gasteiger partial charge in [0.25, 0.3) is 0 Å². The molecule has 1 fully saturated rings. The van der Waals surface area contributed by atoms with E-state index in [1.54, 1.807) is 18.2 Å². The van der Waals surface area contributed by atoms with Gasteiger partial charge in [-0.15, -0.1) is 0 Å². The van der Waals surface area contributed by atoms with E-state index in [-0.39, 0.29) is 16.0 Å². The normalized spacial score (nSPS) is 17.1. The molecule has 0 spiro atoms. The van der Waals surface area contributed by atoms with Crippen molar-refractivity contribution in [3.8, 4) is 11.5 Å². The Labute approximate surface area is 175 Å². The Balaban J connectivity index is 1.71. The molecule has 0 N–H and O–H groups in total. The number of ether oxygens (including phenoxy) is 2. The van der Waals surface area contributed by atoms with E-state index < -0.39 is 15.8 Å². The van der Waals surface area contributed by atoms with Crippen LogP contribution < -0.4 is 9.47 Å². The molecule has 6 nitrogen and oxygen atoms in total. The Morgan fingerprint density at radius 2 is 1.66 bits per heavy atom. The topological polar surface area (TPSA) is 59.1 Å². The van der Waals surface area contributed by atoms with Crippen molar-refractivity contribution >= 4 is 21.6 Å². The van der Waals surface area contributed by atoms with Gasteiger partial charge in [0, 0.05) is 38.3 Å². The molecule has 1 saturated heterocycles. The third-order valence-corrected chi connectivity index (χ3v) is 7.42. The van der Waals surface area contributed by atoms with Crippen molar-refractivity contribution in [3.63, 3.8) is 0 Å². The quantitative estimate of drug-likeness (QED) is 0.684. The highest BCUT2D eigenvalue weighted by Gasteiger charge is 2.31. The molecule has 1 unspecified atom stereocenters. The first kappa shape index (κ1) is 21.8. The molecular weight excluding hydrogens is 419 g/mol. The van der Waals surface area contributed by atoms with Crippen LogP contribution in [0.5, 0.6) is 11.5 Å². The minimum absolute atomic E-state index is 0.000894. The fraction of sp³-hybridized carbons (Fsp3) is 0.400. The predicted molar refractivity (Wildman–Crippen MR) is 110 cm³/mol. The molecule has 9 heteroatoms. The van der Waals surface area contributed by atoms with E-state index in [2.05, 4.69) is 4.90 Å². The fourth-order valence-electron chi connectivity index (χ4n) is 3.44. The maximum Gasteiger partial charge on any atom is 0.243 e. The lowest BCUT2D eigenvalue weighted by Crippen LogP contribution is -2.49. The molecule has 0 amide bonds. The Morgan fingerprint density at radius 3 is 2.24 bits per heavy atom. The number of halogens is 2. The third-order valence-electron chi connectivity index (χ3n) is 5.24. The average Bonchev–Trinajstić information content (AvgIpc) is 2.74. The summed E-state index contributed by atoms with van der Waals surface area (Å²) in [5, 5.41) is 0.0871. The fourth-order valence-corrected chi connectivity index (χ4v) is 5.07. The maximum absolute atomic E-state index is 13.4. The number of hydrogen-bond acceptors (Lipinski definition) is 5. The Morgan fingerprint density at radius 1 is 1.00 bits per heavy atom. The highest BCUT2D eigenvalue weighted by Crippen LogP contribution is 2.32. The molecule has 158 valence electrons. The van der Waals surface area contributed by atoms with Crippen molar-refractivity contribution in [2.24, 2.45) is 0 Å². The van der Waals surface area contributed by atoms with Crippen LogP contribution in [0.15, 0.2) is 41.3 Å². The van der Waals surface area contributed by atoms with Crippen LogP contribution >= 0.6 is 11.6 Å². The summed E-state index contributed by atoms with van der Waals surface area (Å²) in [5.74, 6) is 0.394. The lowest BCUT2D eigenvalue weighted by atomic mass is 10.1. The van der Waals surface area contributed by atoms with Crippen LogP contribution in [0, 0.1) is 5.82 Å². The number of nitrogens with zero attached hydrogens (tertiary/aromatic N) is 2. The second kappa shape index (κ2) is 8.87. The molecule has 2 aromatic rings. The van der Waals surface area contributed by atoms with Gasteiger partial charge < -0.3 is 9.47 Å². The Kier molecular flexibility index (Phi) is 6.68.